The van der Waals surface area contributed by atoms with Crippen molar-refractivity contribution in [3.8, 4) is 0 Å². The maximum atomic E-state index is 2.57. The van der Waals surface area contributed by atoms with Crippen LogP contribution < -0.4 is 12.4 Å². The van der Waals surface area contributed by atoms with Crippen LogP contribution in [-0.4, -0.2) is 55.7 Å². The average molecular weight is 199 g/mol. The Bertz CT molecular complexity index is 108. The van der Waals surface area contributed by atoms with E-state index in [1.165, 1.54) is 43.8 Å². The molecule has 0 unspecified atom stereocenters. The first kappa shape index (κ1) is 11.5. The van der Waals surface area contributed by atoms with Crippen molar-refractivity contribution in [1.82, 2.24) is 4.90 Å². The lowest BCUT2D eigenvalue weighted by Gasteiger charge is -2.48. The Morgan fingerprint density at radius 3 is 1.55 bits per heavy atom. The molecule has 68 valence electrons. The van der Waals surface area contributed by atoms with Gasteiger partial charge in [-0.2, -0.15) is 0 Å². The highest BCUT2D eigenvalue weighted by Crippen LogP contribution is 2.15. The zero-order valence-electron chi connectivity index (χ0n) is 6.92. The fourth-order valence-corrected chi connectivity index (χ4v) is 1.82. The molecule has 3 rings (SSSR count). The van der Waals surface area contributed by atoms with Crippen molar-refractivity contribution in [3.05, 3.63) is 0 Å². The highest BCUT2D eigenvalue weighted by molar-refractivity contribution is 5.85. The number of quaternary nitrogens is 1. The van der Waals surface area contributed by atoms with Crippen molar-refractivity contribution in [2.75, 3.05) is 46.3 Å². The number of piperazine rings is 3. The van der Waals surface area contributed by atoms with Crippen LogP contribution >= 0.6 is 12.4 Å². The standard InChI is InChI=1S/C7H15N2.2ClH/c1-9-5-2-8(3-6-9)4-7-9;;/h2-7H2,1H3;2*1H/q+1;;/p-1. The second-order valence-corrected chi connectivity index (χ2v) is 3.63. The molecule has 0 amide bonds. The summed E-state index contributed by atoms with van der Waals surface area (Å²) in [5, 5.41) is 0. The Morgan fingerprint density at radius 1 is 1.00 bits per heavy atom. The molecule has 0 radical (unpaired) electrons. The molecule has 4 heteroatoms. The Kier molecular flexibility index (Phi) is 4.12. The summed E-state index contributed by atoms with van der Waals surface area (Å²) >= 11 is 0. The SMILES string of the molecule is C[N+]12CCN(CC1)CC2.Cl.[Cl-]. The van der Waals surface area contributed by atoms with E-state index in [-0.39, 0.29) is 24.8 Å². The third kappa shape index (κ3) is 2.22. The molecule has 11 heavy (non-hydrogen) atoms. The summed E-state index contributed by atoms with van der Waals surface area (Å²) in [5.74, 6) is 0. The summed E-state index contributed by atoms with van der Waals surface area (Å²) in [6.07, 6.45) is 0. The first-order chi connectivity index (χ1) is 4.29. The normalized spacial score (nSPS) is 40.6. The largest absolute Gasteiger partial charge is 1.00 e. The number of nitrogens with zero attached hydrogens (tertiary/aromatic N) is 2. The van der Waals surface area contributed by atoms with Gasteiger partial charge in [0, 0.05) is 19.6 Å². The summed E-state index contributed by atoms with van der Waals surface area (Å²) < 4.78 is 1.34. The summed E-state index contributed by atoms with van der Waals surface area (Å²) in [4.78, 5) is 2.57. The summed E-state index contributed by atoms with van der Waals surface area (Å²) in [6, 6.07) is 0. The number of fused-ring (bicyclic) bond motifs is 3. The second kappa shape index (κ2) is 3.94. The van der Waals surface area contributed by atoms with Gasteiger partial charge in [-0.15, -0.1) is 12.4 Å². The first-order valence-electron chi connectivity index (χ1n) is 3.84. The van der Waals surface area contributed by atoms with E-state index in [4.69, 9.17) is 0 Å². The molecule has 2 nitrogen and oxygen atoms in total. The van der Waals surface area contributed by atoms with E-state index in [9.17, 15) is 0 Å². The van der Waals surface area contributed by atoms with Crippen molar-refractivity contribution in [2.24, 2.45) is 0 Å². The molecular weight excluding hydrogens is 183 g/mol. The minimum atomic E-state index is 0. The minimum absolute atomic E-state index is 0. The van der Waals surface area contributed by atoms with E-state index < -0.39 is 0 Å². The molecular formula is C7H16Cl2N2. The van der Waals surface area contributed by atoms with E-state index in [0.29, 0.717) is 0 Å². The molecule has 3 heterocycles. The molecule has 3 saturated heterocycles. The number of hydrogen-bond acceptors (Lipinski definition) is 1. The maximum absolute atomic E-state index is 2.57. The van der Waals surface area contributed by atoms with Gasteiger partial charge in [0.05, 0.1) is 26.7 Å². The number of rotatable bonds is 0. The molecule has 0 saturated carbocycles. The average Bonchev–Trinajstić information content (AvgIpc) is 1.90. The van der Waals surface area contributed by atoms with E-state index >= 15 is 0 Å². The molecule has 0 atom stereocenters. The Balaban J connectivity index is 0.000000500. The van der Waals surface area contributed by atoms with Crippen LogP contribution in [0.15, 0.2) is 0 Å². The van der Waals surface area contributed by atoms with Crippen LogP contribution in [0.2, 0.25) is 0 Å². The monoisotopic (exact) mass is 198 g/mol. The van der Waals surface area contributed by atoms with Crippen molar-refractivity contribution < 1.29 is 16.9 Å². The Hall–Kier alpha value is 0.500. The predicted octanol–water partition coefficient (Wildman–Crippen LogP) is -2.81. The van der Waals surface area contributed by atoms with Crippen LogP contribution in [0.4, 0.5) is 0 Å². The van der Waals surface area contributed by atoms with Gasteiger partial charge < -0.3 is 16.9 Å². The molecule has 0 aliphatic carbocycles. The molecule has 0 aromatic rings. The Labute approximate surface area is 81.0 Å². The van der Waals surface area contributed by atoms with Crippen molar-refractivity contribution in [3.63, 3.8) is 0 Å². The Morgan fingerprint density at radius 2 is 1.36 bits per heavy atom. The van der Waals surface area contributed by atoms with E-state index in [2.05, 4.69) is 11.9 Å². The predicted molar refractivity (Wildman–Crippen MR) is 44.5 cm³/mol. The lowest BCUT2D eigenvalue weighted by Crippen LogP contribution is -3.00. The smallest absolute Gasteiger partial charge is 0.0914 e. The van der Waals surface area contributed by atoms with Gasteiger partial charge in [0.25, 0.3) is 0 Å². The molecule has 3 aliphatic rings. The van der Waals surface area contributed by atoms with Crippen molar-refractivity contribution in [2.45, 2.75) is 0 Å². The zero-order chi connectivity index (χ0) is 6.32. The van der Waals surface area contributed by atoms with Crippen LogP contribution in [0, 0.1) is 0 Å². The second-order valence-electron chi connectivity index (χ2n) is 3.63. The highest BCUT2D eigenvalue weighted by Gasteiger charge is 2.34. The minimum Gasteiger partial charge on any atom is -1.00 e. The molecule has 2 bridgehead atoms. The number of halogens is 2. The van der Waals surface area contributed by atoms with Gasteiger partial charge in [-0.1, -0.05) is 0 Å². The first-order valence-corrected chi connectivity index (χ1v) is 3.84. The van der Waals surface area contributed by atoms with Crippen molar-refractivity contribution >= 4 is 12.4 Å². The molecule has 3 aliphatic heterocycles. The maximum Gasteiger partial charge on any atom is 0.0914 e. The third-order valence-corrected chi connectivity index (χ3v) is 2.87. The fourth-order valence-electron chi connectivity index (χ4n) is 1.82. The summed E-state index contributed by atoms with van der Waals surface area (Å²) in [7, 11) is 2.39. The number of hydrogen-bond donors (Lipinski definition) is 0. The van der Waals surface area contributed by atoms with Gasteiger partial charge in [-0.25, -0.2) is 0 Å². The van der Waals surface area contributed by atoms with Gasteiger partial charge in [0.15, 0.2) is 0 Å². The van der Waals surface area contributed by atoms with E-state index in [1.54, 1.807) is 0 Å². The van der Waals surface area contributed by atoms with Crippen LogP contribution in [0.1, 0.15) is 0 Å². The van der Waals surface area contributed by atoms with E-state index in [1.807, 2.05) is 0 Å². The van der Waals surface area contributed by atoms with Crippen LogP contribution in [0.3, 0.4) is 0 Å². The fraction of sp³-hybridized carbons (Fsp3) is 1.00. The topological polar surface area (TPSA) is 3.24 Å². The van der Waals surface area contributed by atoms with E-state index in [0.717, 1.165) is 0 Å². The van der Waals surface area contributed by atoms with Gasteiger partial charge >= 0.3 is 0 Å². The molecule has 0 spiro atoms. The zero-order valence-corrected chi connectivity index (χ0v) is 8.50. The van der Waals surface area contributed by atoms with Crippen molar-refractivity contribution in [1.29, 1.82) is 0 Å². The number of likely N-dealkylation sites (N-methyl/N-ethyl adjacent to an activating group) is 1. The van der Waals surface area contributed by atoms with Gasteiger partial charge in [-0.3, -0.25) is 4.90 Å². The third-order valence-electron chi connectivity index (χ3n) is 2.87. The van der Waals surface area contributed by atoms with Crippen LogP contribution in [0.5, 0.6) is 0 Å². The van der Waals surface area contributed by atoms with Crippen LogP contribution in [0.25, 0.3) is 0 Å². The molecule has 0 aromatic carbocycles. The molecule has 0 aromatic heterocycles. The highest BCUT2D eigenvalue weighted by atomic mass is 35.5. The summed E-state index contributed by atoms with van der Waals surface area (Å²) in [5.41, 5.74) is 0. The van der Waals surface area contributed by atoms with Gasteiger partial charge in [-0.05, 0) is 0 Å². The van der Waals surface area contributed by atoms with Crippen LogP contribution in [-0.2, 0) is 0 Å². The quantitative estimate of drug-likeness (QED) is 0.381. The lowest BCUT2D eigenvalue weighted by molar-refractivity contribution is -0.922. The lowest BCUT2D eigenvalue weighted by atomic mass is 10.2. The molecule has 3 fully saturated rings. The molecule has 0 N–H and O–H groups in total. The summed E-state index contributed by atoms with van der Waals surface area (Å²) in [6.45, 7) is 8.20. The van der Waals surface area contributed by atoms with Gasteiger partial charge in [0.1, 0.15) is 0 Å². The van der Waals surface area contributed by atoms with Gasteiger partial charge in [0.2, 0.25) is 0 Å².